The van der Waals surface area contributed by atoms with E-state index >= 15 is 0 Å². The summed E-state index contributed by atoms with van der Waals surface area (Å²) in [4.78, 5) is 18.9. The highest BCUT2D eigenvalue weighted by Crippen LogP contribution is 2.36. The Morgan fingerprint density at radius 3 is 2.64 bits per heavy atom. The average molecular weight is 336 g/mol. The van der Waals surface area contributed by atoms with Crippen molar-refractivity contribution < 1.29 is 9.18 Å². The summed E-state index contributed by atoms with van der Waals surface area (Å²) in [5.74, 6) is -0.297. The molecule has 3 heterocycles. The van der Waals surface area contributed by atoms with Gasteiger partial charge in [0, 0.05) is 42.7 Å². The Balaban J connectivity index is 1.90. The molecule has 1 aliphatic rings. The molecular formula is C19H17FN4O. The quantitative estimate of drug-likeness (QED) is 0.738. The lowest BCUT2D eigenvalue weighted by atomic mass is 9.97. The molecule has 126 valence electrons. The van der Waals surface area contributed by atoms with Crippen molar-refractivity contribution in [2.24, 2.45) is 7.05 Å². The molecule has 0 unspecified atom stereocenters. The number of aryl methyl sites for hydroxylation is 1. The highest BCUT2D eigenvalue weighted by atomic mass is 19.1. The Bertz CT molecular complexity index is 962. The molecule has 6 heteroatoms. The van der Waals surface area contributed by atoms with E-state index in [0.717, 1.165) is 28.1 Å². The van der Waals surface area contributed by atoms with Crippen LogP contribution in [0.25, 0.3) is 22.4 Å². The fourth-order valence-corrected chi connectivity index (χ4v) is 3.26. The molecule has 0 bridgehead atoms. The summed E-state index contributed by atoms with van der Waals surface area (Å²) in [5, 5.41) is 4.53. The molecule has 1 aromatic carbocycles. The fraction of sp³-hybridized carbons (Fsp3) is 0.211. The van der Waals surface area contributed by atoms with Crippen LogP contribution < -0.4 is 0 Å². The fourth-order valence-electron chi connectivity index (χ4n) is 3.26. The van der Waals surface area contributed by atoms with Crippen LogP contribution in [0, 0.1) is 5.82 Å². The van der Waals surface area contributed by atoms with Crippen LogP contribution in [0.2, 0.25) is 0 Å². The van der Waals surface area contributed by atoms with Gasteiger partial charge in [-0.2, -0.15) is 5.10 Å². The van der Waals surface area contributed by atoms with Crippen LogP contribution in [-0.4, -0.2) is 32.1 Å². The lowest BCUT2D eigenvalue weighted by molar-refractivity contribution is 0.0787. The molecule has 4 rings (SSSR count). The summed E-state index contributed by atoms with van der Waals surface area (Å²) in [6.07, 6.45) is 3.61. The molecule has 0 fully saturated rings. The van der Waals surface area contributed by atoms with Gasteiger partial charge in [0.05, 0.1) is 17.8 Å². The largest absolute Gasteiger partial charge is 0.333 e. The number of hydrogen-bond acceptors (Lipinski definition) is 3. The lowest BCUT2D eigenvalue weighted by Gasteiger charge is -2.11. The zero-order valence-electron chi connectivity index (χ0n) is 14.0. The molecule has 5 nitrogen and oxygen atoms in total. The maximum atomic E-state index is 13.3. The molecular weight excluding hydrogens is 319 g/mol. The van der Waals surface area contributed by atoms with Gasteiger partial charge in [-0.1, -0.05) is 0 Å². The van der Waals surface area contributed by atoms with Crippen LogP contribution in [0.1, 0.15) is 23.0 Å². The van der Waals surface area contributed by atoms with Gasteiger partial charge in [-0.3, -0.25) is 14.5 Å². The van der Waals surface area contributed by atoms with Crippen molar-refractivity contribution in [3.05, 3.63) is 59.8 Å². The number of fused-ring (bicyclic) bond motifs is 1. The van der Waals surface area contributed by atoms with Crippen molar-refractivity contribution in [1.29, 1.82) is 0 Å². The highest BCUT2D eigenvalue weighted by Gasteiger charge is 2.31. The lowest BCUT2D eigenvalue weighted by Crippen LogP contribution is -2.23. The van der Waals surface area contributed by atoms with Crippen LogP contribution in [0.3, 0.4) is 0 Å². The van der Waals surface area contributed by atoms with Gasteiger partial charge in [0.1, 0.15) is 11.5 Å². The number of pyridine rings is 1. The van der Waals surface area contributed by atoms with Crippen LogP contribution in [0.4, 0.5) is 4.39 Å². The maximum Gasteiger partial charge on any atom is 0.256 e. The van der Waals surface area contributed by atoms with Gasteiger partial charge < -0.3 is 4.90 Å². The first-order valence-corrected chi connectivity index (χ1v) is 8.15. The highest BCUT2D eigenvalue weighted by molar-refractivity contribution is 6.05. The van der Waals surface area contributed by atoms with Gasteiger partial charge in [-0.15, -0.1) is 0 Å². The number of hydrogen-bond donors (Lipinski definition) is 0. The van der Waals surface area contributed by atoms with E-state index in [1.54, 1.807) is 27.9 Å². The van der Waals surface area contributed by atoms with Crippen LogP contribution in [0.15, 0.2) is 42.7 Å². The molecule has 0 saturated heterocycles. The van der Waals surface area contributed by atoms with E-state index in [0.29, 0.717) is 18.7 Å². The van der Waals surface area contributed by atoms with E-state index in [9.17, 15) is 9.18 Å². The smallest absolute Gasteiger partial charge is 0.256 e. The summed E-state index contributed by atoms with van der Waals surface area (Å²) in [5.41, 5.74) is 4.62. The minimum atomic E-state index is -0.292. The molecule has 0 N–H and O–H groups in total. The summed E-state index contributed by atoms with van der Waals surface area (Å²) < 4.78 is 15.0. The van der Waals surface area contributed by atoms with Crippen molar-refractivity contribution in [3.8, 4) is 22.4 Å². The van der Waals surface area contributed by atoms with Crippen molar-refractivity contribution >= 4 is 5.91 Å². The zero-order valence-corrected chi connectivity index (χ0v) is 14.0. The van der Waals surface area contributed by atoms with Crippen molar-refractivity contribution in [2.75, 3.05) is 6.54 Å². The summed E-state index contributed by atoms with van der Waals surface area (Å²) in [6.45, 7) is 3.13. The minimum Gasteiger partial charge on any atom is -0.333 e. The SMILES string of the molecule is CCN1Cc2nccc(-c3cn(C)nc3-c3ccc(F)cc3)c2C1=O. The van der Waals surface area contributed by atoms with E-state index < -0.39 is 0 Å². The van der Waals surface area contributed by atoms with Gasteiger partial charge in [0.15, 0.2) is 0 Å². The number of benzene rings is 1. The topological polar surface area (TPSA) is 51.0 Å². The number of nitrogens with zero attached hydrogens (tertiary/aromatic N) is 4. The van der Waals surface area contributed by atoms with Crippen LogP contribution >= 0.6 is 0 Å². The first-order chi connectivity index (χ1) is 12.1. The van der Waals surface area contributed by atoms with E-state index in [1.807, 2.05) is 26.2 Å². The molecule has 0 atom stereocenters. The Morgan fingerprint density at radius 2 is 1.92 bits per heavy atom. The predicted molar refractivity (Wildman–Crippen MR) is 92.2 cm³/mol. The number of carbonyl (C=O) groups is 1. The molecule has 1 aliphatic heterocycles. The van der Waals surface area contributed by atoms with E-state index in [-0.39, 0.29) is 11.7 Å². The monoisotopic (exact) mass is 336 g/mol. The Hall–Kier alpha value is -3.02. The minimum absolute atomic E-state index is 0.00508. The van der Waals surface area contributed by atoms with Crippen molar-refractivity contribution in [2.45, 2.75) is 13.5 Å². The third kappa shape index (κ3) is 2.50. The molecule has 1 amide bonds. The Labute approximate surface area is 144 Å². The standard InChI is InChI=1S/C19H17FN4O/c1-3-24-11-16-17(19(24)25)14(8-9-21-16)15-10-23(2)22-18(15)12-4-6-13(20)7-5-12/h4-10H,3,11H2,1-2H3. The number of amides is 1. The molecule has 0 saturated carbocycles. The molecule has 0 radical (unpaired) electrons. The number of halogens is 1. The Morgan fingerprint density at radius 1 is 1.16 bits per heavy atom. The molecule has 25 heavy (non-hydrogen) atoms. The molecule has 2 aromatic heterocycles. The third-order valence-corrected chi connectivity index (χ3v) is 4.49. The van der Waals surface area contributed by atoms with Crippen molar-refractivity contribution in [3.63, 3.8) is 0 Å². The van der Waals surface area contributed by atoms with Crippen LogP contribution in [-0.2, 0) is 13.6 Å². The van der Waals surface area contributed by atoms with E-state index in [2.05, 4.69) is 10.1 Å². The third-order valence-electron chi connectivity index (χ3n) is 4.49. The Kier molecular flexibility index (Phi) is 3.60. The summed E-state index contributed by atoms with van der Waals surface area (Å²) in [6, 6.07) is 8.06. The molecule has 0 spiro atoms. The number of rotatable bonds is 3. The second-order valence-corrected chi connectivity index (χ2v) is 6.07. The number of aromatic nitrogens is 3. The number of carbonyl (C=O) groups excluding carboxylic acids is 1. The van der Waals surface area contributed by atoms with E-state index in [1.165, 1.54) is 12.1 Å². The van der Waals surface area contributed by atoms with Gasteiger partial charge in [0.2, 0.25) is 0 Å². The van der Waals surface area contributed by atoms with E-state index in [4.69, 9.17) is 0 Å². The van der Waals surface area contributed by atoms with Gasteiger partial charge in [-0.25, -0.2) is 4.39 Å². The first kappa shape index (κ1) is 15.5. The zero-order chi connectivity index (χ0) is 17.6. The molecule has 3 aromatic rings. The normalized spacial score (nSPS) is 13.4. The second kappa shape index (κ2) is 5.81. The first-order valence-electron chi connectivity index (χ1n) is 8.15. The average Bonchev–Trinajstić information content (AvgIpc) is 3.16. The summed E-state index contributed by atoms with van der Waals surface area (Å²) in [7, 11) is 1.83. The molecule has 0 aliphatic carbocycles. The van der Waals surface area contributed by atoms with Gasteiger partial charge in [0.25, 0.3) is 5.91 Å². The second-order valence-electron chi connectivity index (χ2n) is 6.07. The maximum absolute atomic E-state index is 13.3. The summed E-state index contributed by atoms with van der Waals surface area (Å²) >= 11 is 0. The van der Waals surface area contributed by atoms with Gasteiger partial charge in [-0.05, 0) is 37.3 Å². The van der Waals surface area contributed by atoms with Gasteiger partial charge >= 0.3 is 0 Å². The predicted octanol–water partition coefficient (Wildman–Crippen LogP) is 3.26. The van der Waals surface area contributed by atoms with Crippen molar-refractivity contribution in [1.82, 2.24) is 19.7 Å². The van der Waals surface area contributed by atoms with Crippen LogP contribution in [0.5, 0.6) is 0 Å².